The average molecular weight is 517 g/mol. The molecule has 0 radical (unpaired) electrons. The molecular formula is C26H32N10O2. The van der Waals surface area contributed by atoms with Crippen molar-refractivity contribution < 1.29 is 9.53 Å². The molecule has 2 aromatic heterocycles. The molecule has 12 nitrogen and oxygen atoms in total. The number of fused-ring (bicyclic) bond motifs is 1. The fourth-order valence-corrected chi connectivity index (χ4v) is 5.20. The van der Waals surface area contributed by atoms with Crippen molar-refractivity contribution in [2.24, 2.45) is 5.22 Å². The molecule has 2 aliphatic heterocycles. The first-order valence-electron chi connectivity index (χ1n) is 12.5. The molecule has 0 spiro atoms. The Bertz CT molecular complexity index is 1440. The summed E-state index contributed by atoms with van der Waals surface area (Å²) in [4.78, 5) is 21.7. The van der Waals surface area contributed by atoms with Crippen LogP contribution in [0.2, 0.25) is 0 Å². The first-order valence-corrected chi connectivity index (χ1v) is 12.5. The maximum absolute atomic E-state index is 13.4. The number of aromatic nitrogens is 3. The number of anilines is 2. The number of nitrogens with zero attached hydrogens (tertiary/aromatic N) is 6. The standard InChI is InChI=1S/C26H32N10O2/c1-14-12-35(13-15(2)38-14)22-10-18(8-9-29-22)24-20-11-19(6-7-21(20)31-32-24)30-25(37)23-16(3)34(5)26(27)36(33-28)17(23)4/h6-11,14-15,17,27-28H,12-13H2,1-5H3,(H,30,37)(H,31,32)/t14-,15-,17-/m1/s1. The predicted molar refractivity (Wildman–Crippen MR) is 145 cm³/mol. The molecule has 0 aliphatic carbocycles. The highest BCUT2D eigenvalue weighted by molar-refractivity contribution is 6.08. The van der Waals surface area contributed by atoms with Crippen LogP contribution in [0.25, 0.3) is 22.2 Å². The quantitative estimate of drug-likeness (QED) is 0.375. The van der Waals surface area contributed by atoms with Crippen molar-refractivity contribution in [2.45, 2.75) is 45.9 Å². The number of hydrogen-bond acceptors (Lipinski definition) is 8. The van der Waals surface area contributed by atoms with E-state index in [2.05, 4.69) is 44.5 Å². The summed E-state index contributed by atoms with van der Waals surface area (Å²) in [5.41, 5.74) is 11.7. The Hall–Kier alpha value is -4.32. The van der Waals surface area contributed by atoms with Gasteiger partial charge in [-0.1, -0.05) is 5.22 Å². The van der Waals surface area contributed by atoms with Crippen LogP contribution < -0.4 is 10.2 Å². The summed E-state index contributed by atoms with van der Waals surface area (Å²) in [6, 6.07) is 9.01. The number of allylic oxidation sites excluding steroid dienone is 1. The third-order valence-electron chi connectivity index (χ3n) is 7.15. The zero-order valence-electron chi connectivity index (χ0n) is 22.1. The highest BCUT2D eigenvalue weighted by Crippen LogP contribution is 2.32. The van der Waals surface area contributed by atoms with Gasteiger partial charge in [0.25, 0.3) is 5.91 Å². The van der Waals surface area contributed by atoms with Gasteiger partial charge in [-0.2, -0.15) is 10.6 Å². The number of rotatable bonds is 5. The van der Waals surface area contributed by atoms with E-state index in [0.717, 1.165) is 41.1 Å². The van der Waals surface area contributed by atoms with Gasteiger partial charge < -0.3 is 19.9 Å². The fourth-order valence-electron chi connectivity index (χ4n) is 5.20. The number of carbonyl (C=O) groups excluding carboxylic acids is 1. The summed E-state index contributed by atoms with van der Waals surface area (Å²) >= 11 is 0. The third-order valence-corrected chi connectivity index (χ3v) is 7.15. The maximum atomic E-state index is 13.4. The van der Waals surface area contributed by atoms with Crippen LogP contribution in [0.15, 0.2) is 53.0 Å². The lowest BCUT2D eigenvalue weighted by Gasteiger charge is -2.38. The van der Waals surface area contributed by atoms with E-state index in [4.69, 9.17) is 15.7 Å². The topological polar surface area (TPSA) is 150 Å². The molecule has 12 heteroatoms. The van der Waals surface area contributed by atoms with Crippen LogP contribution in [-0.4, -0.2) is 75.3 Å². The number of ether oxygens (including phenoxy) is 1. The summed E-state index contributed by atoms with van der Waals surface area (Å²) in [5, 5.41) is 24.3. The van der Waals surface area contributed by atoms with Gasteiger partial charge in [-0.25, -0.2) is 9.99 Å². The van der Waals surface area contributed by atoms with E-state index >= 15 is 0 Å². The average Bonchev–Trinajstić information content (AvgIpc) is 3.31. The number of nitrogens with one attached hydrogen (secondary N) is 4. The molecule has 198 valence electrons. The zero-order valence-corrected chi connectivity index (χ0v) is 22.1. The molecular weight excluding hydrogens is 484 g/mol. The Kier molecular flexibility index (Phi) is 6.57. The van der Waals surface area contributed by atoms with Gasteiger partial charge in [-0.05, 0) is 58.0 Å². The number of hydrogen-bond donors (Lipinski definition) is 4. The molecule has 4 N–H and O–H groups in total. The number of pyridine rings is 1. The first-order chi connectivity index (χ1) is 18.2. The monoisotopic (exact) mass is 516 g/mol. The van der Waals surface area contributed by atoms with E-state index in [1.54, 1.807) is 32.0 Å². The number of H-pyrrole nitrogens is 1. The van der Waals surface area contributed by atoms with Gasteiger partial charge >= 0.3 is 0 Å². The van der Waals surface area contributed by atoms with Gasteiger partial charge in [0.05, 0.1) is 29.3 Å². The Morgan fingerprint density at radius 1 is 1.18 bits per heavy atom. The van der Waals surface area contributed by atoms with Crippen molar-refractivity contribution in [3.05, 3.63) is 47.8 Å². The number of guanidine groups is 1. The molecule has 0 unspecified atom stereocenters. The molecule has 38 heavy (non-hydrogen) atoms. The van der Waals surface area contributed by atoms with E-state index in [1.165, 1.54) is 5.01 Å². The Morgan fingerprint density at radius 2 is 1.92 bits per heavy atom. The molecule has 3 aromatic rings. The second-order valence-corrected chi connectivity index (χ2v) is 9.85. The van der Waals surface area contributed by atoms with Crippen LogP contribution in [0.4, 0.5) is 11.5 Å². The van der Waals surface area contributed by atoms with Crippen LogP contribution in [0, 0.1) is 10.9 Å². The third kappa shape index (κ3) is 4.47. The number of aromatic amines is 1. The van der Waals surface area contributed by atoms with Crippen molar-refractivity contribution in [1.82, 2.24) is 25.1 Å². The molecule has 5 rings (SSSR count). The van der Waals surface area contributed by atoms with Crippen LogP contribution in [0.5, 0.6) is 0 Å². The minimum absolute atomic E-state index is 0.0451. The number of benzene rings is 1. The summed E-state index contributed by atoms with van der Waals surface area (Å²) in [6.45, 7) is 9.21. The van der Waals surface area contributed by atoms with Crippen molar-refractivity contribution in [2.75, 3.05) is 30.4 Å². The lowest BCUT2D eigenvalue weighted by Crippen LogP contribution is -2.50. The van der Waals surface area contributed by atoms with Crippen LogP contribution >= 0.6 is 0 Å². The van der Waals surface area contributed by atoms with Gasteiger partial charge in [0.2, 0.25) is 5.96 Å². The largest absolute Gasteiger partial charge is 0.372 e. The Labute approximate surface area is 220 Å². The molecule has 1 saturated heterocycles. The van der Waals surface area contributed by atoms with E-state index in [9.17, 15) is 4.79 Å². The molecule has 2 aliphatic rings. The van der Waals surface area contributed by atoms with Crippen LogP contribution in [-0.2, 0) is 9.53 Å². The maximum Gasteiger partial charge on any atom is 0.255 e. The first kappa shape index (κ1) is 25.3. The van der Waals surface area contributed by atoms with E-state index in [0.29, 0.717) is 17.0 Å². The molecule has 4 heterocycles. The Morgan fingerprint density at radius 3 is 2.63 bits per heavy atom. The van der Waals surface area contributed by atoms with Gasteiger partial charge in [0, 0.05) is 48.7 Å². The summed E-state index contributed by atoms with van der Waals surface area (Å²) in [7, 11) is 1.68. The van der Waals surface area contributed by atoms with Crippen molar-refractivity contribution >= 4 is 34.3 Å². The Balaban J connectivity index is 1.44. The summed E-state index contributed by atoms with van der Waals surface area (Å²) in [6.07, 6.45) is 2.04. The fraction of sp³-hybridized carbons (Fsp3) is 0.385. The second kappa shape index (κ2) is 9.86. The van der Waals surface area contributed by atoms with Gasteiger partial charge in [-0.15, -0.1) is 0 Å². The summed E-state index contributed by atoms with van der Waals surface area (Å²) < 4.78 is 5.87. The van der Waals surface area contributed by atoms with Crippen molar-refractivity contribution in [3.63, 3.8) is 0 Å². The van der Waals surface area contributed by atoms with E-state index in [1.807, 2.05) is 30.3 Å². The molecule has 0 bridgehead atoms. The number of morpholine rings is 1. The van der Waals surface area contributed by atoms with Crippen LogP contribution in [0.1, 0.15) is 27.7 Å². The minimum atomic E-state index is -0.551. The number of amides is 1. The lowest BCUT2D eigenvalue weighted by molar-refractivity contribution is -0.113. The van der Waals surface area contributed by atoms with E-state index in [-0.39, 0.29) is 24.1 Å². The van der Waals surface area contributed by atoms with Crippen molar-refractivity contribution in [3.8, 4) is 11.3 Å². The van der Waals surface area contributed by atoms with Gasteiger partial charge in [-0.3, -0.25) is 15.3 Å². The highest BCUT2D eigenvalue weighted by atomic mass is 16.5. The van der Waals surface area contributed by atoms with E-state index < -0.39 is 6.04 Å². The molecule has 0 saturated carbocycles. The predicted octanol–water partition coefficient (Wildman–Crippen LogP) is 3.97. The van der Waals surface area contributed by atoms with Crippen LogP contribution in [0.3, 0.4) is 0 Å². The lowest BCUT2D eigenvalue weighted by atomic mass is 10.0. The number of carbonyl (C=O) groups is 1. The minimum Gasteiger partial charge on any atom is -0.372 e. The summed E-state index contributed by atoms with van der Waals surface area (Å²) in [5.74, 6) is 0.607. The second-order valence-electron chi connectivity index (χ2n) is 9.85. The highest BCUT2D eigenvalue weighted by Gasteiger charge is 2.35. The smallest absolute Gasteiger partial charge is 0.255 e. The normalized spacial score (nSPS) is 22.3. The zero-order chi connectivity index (χ0) is 27.1. The van der Waals surface area contributed by atoms with Crippen molar-refractivity contribution in [1.29, 1.82) is 10.9 Å². The molecule has 3 atom stereocenters. The molecule has 1 amide bonds. The molecule has 1 aromatic carbocycles. The van der Waals surface area contributed by atoms with Gasteiger partial charge in [0.15, 0.2) is 0 Å². The van der Waals surface area contributed by atoms with Gasteiger partial charge in [0.1, 0.15) is 11.5 Å². The SMILES string of the molecule is CC1=C(C(=O)Nc2ccc3[nH]nc(-c4ccnc(N5C[C@@H](C)O[C@H](C)C5)c4)c3c2)[C@@H](C)N(N=N)C(=N)N1C. The molecule has 1 fully saturated rings.